The summed E-state index contributed by atoms with van der Waals surface area (Å²) in [5.41, 5.74) is 13.8. The Bertz CT molecular complexity index is 377. The maximum Gasteiger partial charge on any atom is 0.303 e. The molecule has 0 aliphatic rings. The number of rotatable bonds is 16. The Morgan fingerprint density at radius 2 is 0.964 bits per heavy atom. The smallest absolute Gasteiger partial charge is 0.303 e. The fourth-order valence-electron chi connectivity index (χ4n) is 2.78. The summed E-state index contributed by atoms with van der Waals surface area (Å²) >= 11 is 0. The van der Waals surface area contributed by atoms with Crippen molar-refractivity contribution in [3.63, 3.8) is 0 Å². The van der Waals surface area contributed by atoms with Crippen molar-refractivity contribution < 1.29 is 9.90 Å². The first-order valence-electron chi connectivity index (χ1n) is 10.8. The zero-order valence-electron chi connectivity index (χ0n) is 17.8. The third kappa shape index (κ3) is 31.7. The van der Waals surface area contributed by atoms with Crippen LogP contribution in [-0.4, -0.2) is 23.0 Å². The van der Waals surface area contributed by atoms with Gasteiger partial charge in [0.2, 0.25) is 11.9 Å². The molecule has 166 valence electrons. The lowest BCUT2D eigenvalue weighted by Gasteiger charge is -2.03. The second-order valence-corrected chi connectivity index (χ2v) is 7.17. The average Bonchev–Trinajstić information content (AvgIpc) is 2.63. The molecule has 0 saturated heterocycles. The van der Waals surface area contributed by atoms with Gasteiger partial charge in [-0.05, 0) is 6.42 Å². The lowest BCUT2D eigenvalue weighted by Crippen LogP contribution is -2.47. The standard InChI is InChI=1S/C18H36O2.C2H8N6/c1-2-3-4-5-6-7-8-9-10-11-12-13-14-15-16-17-18(19)20;3-1(4)7-8-2(5)6/h2-17H2,1H3,(H,19,20);(H4,3,4,7)(H4,5,6,8). The summed E-state index contributed by atoms with van der Waals surface area (Å²) in [6.45, 7) is 2.27. The fourth-order valence-corrected chi connectivity index (χ4v) is 2.78. The number of aliphatic carboxylic acids is 1. The maximum atomic E-state index is 10.3. The molecule has 28 heavy (non-hydrogen) atoms. The molecule has 9 N–H and O–H groups in total. The summed E-state index contributed by atoms with van der Waals surface area (Å²) in [6, 6.07) is 0. The molecular formula is C20H44N6O2. The number of guanidine groups is 2. The van der Waals surface area contributed by atoms with Crippen molar-refractivity contribution in [1.29, 1.82) is 10.8 Å². The van der Waals surface area contributed by atoms with E-state index >= 15 is 0 Å². The second kappa shape index (κ2) is 23.0. The molecule has 0 aliphatic carbocycles. The average molecular weight is 401 g/mol. The molecule has 0 aromatic carbocycles. The van der Waals surface area contributed by atoms with Crippen LogP contribution in [0.4, 0.5) is 0 Å². The monoisotopic (exact) mass is 400 g/mol. The number of carbonyl (C=O) groups is 1. The third-order valence-electron chi connectivity index (χ3n) is 4.33. The molecule has 0 saturated carbocycles. The van der Waals surface area contributed by atoms with Crippen molar-refractivity contribution in [3.05, 3.63) is 0 Å². The van der Waals surface area contributed by atoms with Crippen LogP contribution in [0.1, 0.15) is 110 Å². The summed E-state index contributed by atoms with van der Waals surface area (Å²) in [5, 5.41) is 21.6. The minimum absolute atomic E-state index is 0.278. The number of carboxylic acids is 1. The van der Waals surface area contributed by atoms with Crippen LogP contribution < -0.4 is 22.3 Å². The van der Waals surface area contributed by atoms with Crippen LogP contribution in [0, 0.1) is 10.8 Å². The number of nitrogens with one attached hydrogen (secondary N) is 4. The molecule has 0 bridgehead atoms. The lowest BCUT2D eigenvalue weighted by molar-refractivity contribution is -0.137. The first kappa shape index (κ1) is 28.2. The van der Waals surface area contributed by atoms with Gasteiger partial charge in [-0.15, -0.1) is 0 Å². The van der Waals surface area contributed by atoms with Gasteiger partial charge in [-0.1, -0.05) is 96.8 Å². The van der Waals surface area contributed by atoms with E-state index in [1.807, 2.05) is 0 Å². The van der Waals surface area contributed by atoms with Crippen LogP contribution in [0.25, 0.3) is 0 Å². The van der Waals surface area contributed by atoms with Gasteiger partial charge in [0.05, 0.1) is 0 Å². The third-order valence-corrected chi connectivity index (χ3v) is 4.33. The van der Waals surface area contributed by atoms with E-state index in [1.165, 1.54) is 83.5 Å². The van der Waals surface area contributed by atoms with Crippen molar-refractivity contribution in [2.45, 2.75) is 110 Å². The van der Waals surface area contributed by atoms with Crippen molar-refractivity contribution >= 4 is 17.9 Å². The van der Waals surface area contributed by atoms with Crippen LogP contribution in [0.5, 0.6) is 0 Å². The number of hydrogen-bond donors (Lipinski definition) is 7. The van der Waals surface area contributed by atoms with E-state index < -0.39 is 5.97 Å². The van der Waals surface area contributed by atoms with Crippen molar-refractivity contribution in [3.8, 4) is 0 Å². The molecule has 0 aromatic heterocycles. The van der Waals surface area contributed by atoms with Crippen LogP contribution in [-0.2, 0) is 4.79 Å². The Labute approximate surface area is 171 Å². The van der Waals surface area contributed by atoms with E-state index in [1.54, 1.807) is 0 Å². The molecule has 8 heteroatoms. The Morgan fingerprint density at radius 3 is 1.21 bits per heavy atom. The predicted molar refractivity (Wildman–Crippen MR) is 117 cm³/mol. The topological polar surface area (TPSA) is 161 Å². The maximum absolute atomic E-state index is 10.3. The largest absolute Gasteiger partial charge is 0.481 e. The molecule has 0 radical (unpaired) electrons. The molecule has 8 nitrogen and oxygen atoms in total. The molecule has 0 rings (SSSR count). The van der Waals surface area contributed by atoms with E-state index in [0.717, 1.165) is 12.8 Å². The highest BCUT2D eigenvalue weighted by Crippen LogP contribution is 2.13. The molecule has 0 aromatic rings. The van der Waals surface area contributed by atoms with Gasteiger partial charge >= 0.3 is 5.97 Å². The highest BCUT2D eigenvalue weighted by molar-refractivity contribution is 5.80. The van der Waals surface area contributed by atoms with E-state index in [2.05, 4.69) is 17.8 Å². The highest BCUT2D eigenvalue weighted by Gasteiger charge is 1.97. The summed E-state index contributed by atoms with van der Waals surface area (Å²) in [6.07, 6.45) is 20.2. The van der Waals surface area contributed by atoms with Crippen molar-refractivity contribution in [1.82, 2.24) is 10.9 Å². The fraction of sp³-hybridized carbons (Fsp3) is 0.850. The molecule has 0 aliphatic heterocycles. The molecule has 0 unspecified atom stereocenters. The Hall–Kier alpha value is -1.99. The van der Waals surface area contributed by atoms with Crippen LogP contribution in [0.15, 0.2) is 0 Å². The summed E-state index contributed by atoms with van der Waals surface area (Å²) in [5.74, 6) is -1.21. The minimum Gasteiger partial charge on any atom is -0.481 e. The molecule has 0 spiro atoms. The predicted octanol–water partition coefficient (Wildman–Crippen LogP) is 4.20. The minimum atomic E-state index is -0.653. The van der Waals surface area contributed by atoms with Crippen LogP contribution in [0.3, 0.4) is 0 Å². The van der Waals surface area contributed by atoms with E-state index in [4.69, 9.17) is 27.4 Å². The zero-order valence-corrected chi connectivity index (χ0v) is 17.8. The van der Waals surface area contributed by atoms with Gasteiger partial charge in [-0.25, -0.2) is 0 Å². The lowest BCUT2D eigenvalue weighted by atomic mass is 10.0. The van der Waals surface area contributed by atoms with E-state index in [-0.39, 0.29) is 11.9 Å². The molecule has 0 amide bonds. The van der Waals surface area contributed by atoms with E-state index in [0.29, 0.717) is 6.42 Å². The summed E-state index contributed by atoms with van der Waals surface area (Å²) < 4.78 is 0. The summed E-state index contributed by atoms with van der Waals surface area (Å²) in [4.78, 5) is 10.3. The number of hydrogen-bond acceptors (Lipinski definition) is 3. The second-order valence-electron chi connectivity index (χ2n) is 7.17. The van der Waals surface area contributed by atoms with Gasteiger partial charge in [-0.3, -0.25) is 26.5 Å². The van der Waals surface area contributed by atoms with Gasteiger partial charge < -0.3 is 16.6 Å². The Kier molecular flexibility index (Phi) is 23.2. The normalized spacial score (nSPS) is 9.89. The quantitative estimate of drug-likeness (QED) is 0.0888. The van der Waals surface area contributed by atoms with Crippen LogP contribution >= 0.6 is 0 Å². The molecule has 0 fully saturated rings. The summed E-state index contributed by atoms with van der Waals surface area (Å²) in [7, 11) is 0. The van der Waals surface area contributed by atoms with Crippen molar-refractivity contribution in [2.24, 2.45) is 11.5 Å². The van der Waals surface area contributed by atoms with Crippen molar-refractivity contribution in [2.75, 3.05) is 0 Å². The molecule has 0 atom stereocenters. The number of carboxylic acid groups (broad SMARTS) is 1. The van der Waals surface area contributed by atoms with Gasteiger partial charge in [0.1, 0.15) is 0 Å². The van der Waals surface area contributed by atoms with Crippen LogP contribution in [0.2, 0.25) is 0 Å². The number of nitrogens with two attached hydrogens (primary N) is 2. The van der Waals surface area contributed by atoms with Gasteiger partial charge in [0.25, 0.3) is 0 Å². The van der Waals surface area contributed by atoms with Gasteiger partial charge in [0, 0.05) is 6.42 Å². The zero-order chi connectivity index (χ0) is 21.5. The Morgan fingerprint density at radius 1 is 0.679 bits per heavy atom. The first-order valence-corrected chi connectivity index (χ1v) is 10.8. The van der Waals surface area contributed by atoms with E-state index in [9.17, 15) is 4.79 Å². The Balaban J connectivity index is 0. The first-order chi connectivity index (χ1) is 13.4. The SMILES string of the molecule is CCCCCCCCCCCCCCCCCC(=O)O.N=C(N)NNC(=N)N. The number of hydrazine groups is 1. The van der Waals surface area contributed by atoms with Gasteiger partial charge in [0.15, 0.2) is 0 Å². The highest BCUT2D eigenvalue weighted by atomic mass is 16.4. The molecule has 0 heterocycles. The molecular weight excluding hydrogens is 356 g/mol. The van der Waals surface area contributed by atoms with Gasteiger partial charge in [-0.2, -0.15) is 0 Å². The number of unbranched alkanes of at least 4 members (excludes halogenated alkanes) is 14.